The van der Waals surface area contributed by atoms with Crippen molar-refractivity contribution in [3.05, 3.63) is 94.6 Å². The van der Waals surface area contributed by atoms with E-state index in [2.05, 4.69) is 40.8 Å². The molecule has 8 heteroatoms. The van der Waals surface area contributed by atoms with Crippen molar-refractivity contribution in [2.75, 3.05) is 5.32 Å². The molecule has 3 aromatic rings. The Bertz CT molecular complexity index is 1450. The highest BCUT2D eigenvalue weighted by Gasteiger charge is 2.40. The first-order valence-corrected chi connectivity index (χ1v) is 16.8. The van der Waals surface area contributed by atoms with Crippen molar-refractivity contribution in [3.8, 4) is 0 Å². The summed E-state index contributed by atoms with van der Waals surface area (Å²) in [5.41, 5.74) is 2.79. The molecule has 7 nitrogen and oxygen atoms in total. The Hall–Kier alpha value is -3.71. The molecule has 45 heavy (non-hydrogen) atoms. The van der Waals surface area contributed by atoms with Crippen molar-refractivity contribution in [2.45, 2.75) is 89.8 Å². The molecule has 1 aromatic heterocycles. The van der Waals surface area contributed by atoms with Gasteiger partial charge in [0.05, 0.1) is 0 Å². The lowest BCUT2D eigenvalue weighted by atomic mass is 9.80. The van der Waals surface area contributed by atoms with Crippen LogP contribution in [0.15, 0.2) is 72.9 Å². The van der Waals surface area contributed by atoms with E-state index in [0.717, 1.165) is 49.0 Å². The molecule has 1 heterocycles. The summed E-state index contributed by atoms with van der Waals surface area (Å²) in [5, 5.41) is 10.4. The number of nitrogens with zero attached hydrogens (tertiary/aromatic N) is 1. The number of hydrogen-bond acceptors (Lipinski definition) is 5. The van der Waals surface area contributed by atoms with Gasteiger partial charge in [-0.05, 0) is 73.4 Å². The number of amides is 2. The maximum atomic E-state index is 13.7. The number of carbonyl (C=O) groups excluding carboxylic acids is 3. The van der Waals surface area contributed by atoms with Crippen LogP contribution in [0.25, 0.3) is 0 Å². The van der Waals surface area contributed by atoms with Crippen LogP contribution in [-0.4, -0.2) is 34.7 Å². The van der Waals surface area contributed by atoms with E-state index in [1.54, 1.807) is 6.20 Å². The van der Waals surface area contributed by atoms with E-state index in [4.69, 9.17) is 11.6 Å². The van der Waals surface area contributed by atoms with Gasteiger partial charge in [-0.1, -0.05) is 87.2 Å². The largest absolute Gasteiger partial charge is 0.366 e. The fourth-order valence-corrected chi connectivity index (χ4v) is 7.15. The van der Waals surface area contributed by atoms with Crippen LogP contribution in [0, 0.1) is 17.8 Å². The number of rotatable bonds is 12. The fraction of sp³-hybridized carbons (Fsp3) is 0.459. The second kappa shape index (κ2) is 15.5. The lowest BCUT2D eigenvalue weighted by Crippen LogP contribution is -2.53. The predicted molar refractivity (Wildman–Crippen MR) is 179 cm³/mol. The van der Waals surface area contributed by atoms with Gasteiger partial charge in [0.25, 0.3) is 0 Å². The monoisotopic (exact) mass is 628 g/mol. The molecule has 5 rings (SSSR count). The molecular formula is C37H45ClN4O3. The summed E-state index contributed by atoms with van der Waals surface area (Å²) < 4.78 is 0. The second-order valence-electron chi connectivity index (χ2n) is 13.0. The summed E-state index contributed by atoms with van der Waals surface area (Å²) in [6.45, 7) is 4.71. The maximum Gasteiger partial charge on any atom is 0.242 e. The van der Waals surface area contributed by atoms with E-state index in [1.165, 1.54) is 0 Å². The van der Waals surface area contributed by atoms with Gasteiger partial charge in [-0.15, -0.1) is 0 Å². The third-order valence-electron chi connectivity index (χ3n) is 9.28. The number of Topliss-reactive ketones (excluding diaryl/α,β-unsaturated/α-hetero) is 1. The minimum Gasteiger partial charge on any atom is -0.366 e. The third kappa shape index (κ3) is 8.72. The summed E-state index contributed by atoms with van der Waals surface area (Å²) in [7, 11) is 0. The standard InChI is InChI=1S/C37H45ClN4O3/c1-24(2)21-33(37(45)41-32-14-4-3-11-29(32)27-9-7-10-28(38)22-27)42-36(44)31-13-8-12-30(31)35(43)26-18-16-25(17-19-26)23-40-34-15-5-6-20-39-34/h5-7,9-10,15-20,22,24,29-33H,3-4,8,11-14,21,23H2,1-2H3,(H,39,40)(H,41,45)(H,42,44)/t29-,30+,31+,32+,33-/m0/s1. The van der Waals surface area contributed by atoms with Crippen LogP contribution in [0.3, 0.4) is 0 Å². The molecule has 3 N–H and O–H groups in total. The van der Waals surface area contributed by atoms with E-state index in [9.17, 15) is 14.4 Å². The zero-order valence-corrected chi connectivity index (χ0v) is 27.1. The van der Waals surface area contributed by atoms with E-state index in [-0.39, 0.29) is 35.5 Å². The Balaban J connectivity index is 1.21. The quantitative estimate of drug-likeness (QED) is 0.183. The smallest absolute Gasteiger partial charge is 0.242 e. The molecule has 0 spiro atoms. The zero-order valence-electron chi connectivity index (χ0n) is 26.3. The van der Waals surface area contributed by atoms with Gasteiger partial charge in [-0.25, -0.2) is 4.98 Å². The van der Waals surface area contributed by atoms with Crippen molar-refractivity contribution >= 4 is 35.0 Å². The second-order valence-corrected chi connectivity index (χ2v) is 13.5. The number of anilines is 1. The third-order valence-corrected chi connectivity index (χ3v) is 9.51. The number of halogens is 1. The van der Waals surface area contributed by atoms with Crippen LogP contribution >= 0.6 is 11.6 Å². The summed E-state index contributed by atoms with van der Waals surface area (Å²) in [4.78, 5) is 45.3. The number of benzene rings is 2. The highest BCUT2D eigenvalue weighted by molar-refractivity contribution is 6.30. The number of ketones is 1. The molecule has 0 unspecified atom stereocenters. The molecule has 2 amide bonds. The molecule has 0 bridgehead atoms. The first-order chi connectivity index (χ1) is 21.8. The zero-order chi connectivity index (χ0) is 31.8. The van der Waals surface area contributed by atoms with E-state index < -0.39 is 17.9 Å². The van der Waals surface area contributed by atoms with Crippen LogP contribution in [0.4, 0.5) is 5.82 Å². The van der Waals surface area contributed by atoms with Crippen molar-refractivity contribution in [3.63, 3.8) is 0 Å². The molecule has 2 saturated carbocycles. The highest BCUT2D eigenvalue weighted by atomic mass is 35.5. The Labute approximate surface area is 271 Å². The van der Waals surface area contributed by atoms with Gasteiger partial charge in [0.15, 0.2) is 5.78 Å². The van der Waals surface area contributed by atoms with Gasteiger partial charge < -0.3 is 16.0 Å². The van der Waals surface area contributed by atoms with Crippen molar-refractivity contribution in [1.82, 2.24) is 15.6 Å². The summed E-state index contributed by atoms with van der Waals surface area (Å²) >= 11 is 6.30. The molecule has 2 aromatic carbocycles. The summed E-state index contributed by atoms with van der Waals surface area (Å²) in [6.07, 6.45) is 8.44. The van der Waals surface area contributed by atoms with Crippen LogP contribution in [0.5, 0.6) is 0 Å². The molecule has 5 atom stereocenters. The molecule has 0 saturated heterocycles. The maximum absolute atomic E-state index is 13.7. The van der Waals surface area contributed by atoms with Crippen LogP contribution in [0.1, 0.15) is 92.6 Å². The Kier molecular flexibility index (Phi) is 11.3. The molecule has 2 fully saturated rings. The van der Waals surface area contributed by atoms with Gasteiger partial charge in [-0.3, -0.25) is 14.4 Å². The summed E-state index contributed by atoms with van der Waals surface area (Å²) in [5.74, 6) is 0.00306. The number of carbonyl (C=O) groups is 3. The number of nitrogens with one attached hydrogen (secondary N) is 3. The average molecular weight is 629 g/mol. The lowest BCUT2D eigenvalue weighted by Gasteiger charge is -2.34. The van der Waals surface area contributed by atoms with E-state index in [0.29, 0.717) is 36.4 Å². The van der Waals surface area contributed by atoms with Gasteiger partial charge in [-0.2, -0.15) is 0 Å². The van der Waals surface area contributed by atoms with Crippen molar-refractivity contribution in [2.24, 2.45) is 17.8 Å². The fourth-order valence-electron chi connectivity index (χ4n) is 6.95. The van der Waals surface area contributed by atoms with Gasteiger partial charge in [0.2, 0.25) is 11.8 Å². The SMILES string of the molecule is CC(C)C[C@H](NC(=O)[C@@H]1CCC[C@H]1C(=O)c1ccc(CNc2ccccn2)cc1)C(=O)N[C@@H]1CCCC[C@H]1c1cccc(Cl)c1. The topological polar surface area (TPSA) is 100 Å². The number of aromatic nitrogens is 1. The number of hydrogen-bond donors (Lipinski definition) is 3. The van der Waals surface area contributed by atoms with Crippen molar-refractivity contribution < 1.29 is 14.4 Å². The van der Waals surface area contributed by atoms with Gasteiger partial charge >= 0.3 is 0 Å². The first kappa shape index (κ1) is 32.7. The minimum absolute atomic E-state index is 0.00619. The van der Waals surface area contributed by atoms with Crippen LogP contribution < -0.4 is 16.0 Å². The molecule has 238 valence electrons. The Morgan fingerprint density at radius 3 is 2.40 bits per heavy atom. The van der Waals surface area contributed by atoms with Crippen LogP contribution in [-0.2, 0) is 16.1 Å². The normalized spacial score (nSPS) is 22.0. The molecule has 2 aliphatic carbocycles. The van der Waals surface area contributed by atoms with E-state index >= 15 is 0 Å². The number of pyridine rings is 1. The molecule has 0 radical (unpaired) electrons. The van der Waals surface area contributed by atoms with Gasteiger partial charge in [0, 0.05) is 47.1 Å². The summed E-state index contributed by atoms with van der Waals surface area (Å²) in [6, 6.07) is 20.5. The first-order valence-electron chi connectivity index (χ1n) is 16.4. The Morgan fingerprint density at radius 1 is 0.889 bits per heavy atom. The molecular weight excluding hydrogens is 584 g/mol. The Morgan fingerprint density at radius 2 is 1.67 bits per heavy atom. The van der Waals surface area contributed by atoms with E-state index in [1.807, 2.05) is 60.7 Å². The molecule has 2 aliphatic rings. The van der Waals surface area contributed by atoms with Gasteiger partial charge in [0.1, 0.15) is 11.9 Å². The average Bonchev–Trinajstić information content (AvgIpc) is 3.54. The minimum atomic E-state index is -0.651. The predicted octanol–water partition coefficient (Wildman–Crippen LogP) is 7.32. The van der Waals surface area contributed by atoms with Crippen molar-refractivity contribution in [1.29, 1.82) is 0 Å². The van der Waals surface area contributed by atoms with Crippen LogP contribution in [0.2, 0.25) is 5.02 Å². The highest BCUT2D eigenvalue weighted by Crippen LogP contribution is 2.36. The lowest BCUT2D eigenvalue weighted by molar-refractivity contribution is -0.132. The molecule has 0 aliphatic heterocycles.